The lowest BCUT2D eigenvalue weighted by Crippen LogP contribution is -2.28. The molecule has 21 heavy (non-hydrogen) atoms. The number of aromatic nitrogens is 1. The minimum atomic E-state index is -0.210. The molecule has 2 aromatic rings. The Labute approximate surface area is 133 Å². The maximum Gasteiger partial charge on any atom is 0.238 e. The lowest BCUT2D eigenvalue weighted by atomic mass is 10.2. The number of carbonyl (C=O) groups is 1. The van der Waals surface area contributed by atoms with Crippen LogP contribution in [0.4, 0.5) is 5.69 Å². The monoisotopic (exact) mass is 323 g/mol. The van der Waals surface area contributed by atoms with E-state index in [0.29, 0.717) is 22.3 Å². The van der Waals surface area contributed by atoms with Crippen molar-refractivity contribution >= 4 is 34.8 Å². The Balaban J connectivity index is 1.87. The van der Waals surface area contributed by atoms with E-state index in [1.807, 2.05) is 19.1 Å². The van der Waals surface area contributed by atoms with Gasteiger partial charge >= 0.3 is 0 Å². The summed E-state index contributed by atoms with van der Waals surface area (Å²) in [6.45, 7) is 2.65. The summed E-state index contributed by atoms with van der Waals surface area (Å²) in [4.78, 5) is 16.1. The molecular formula is C15H15Cl2N3O. The first kappa shape index (κ1) is 15.8. The molecule has 0 saturated heterocycles. The van der Waals surface area contributed by atoms with Gasteiger partial charge in [-0.15, -0.1) is 0 Å². The van der Waals surface area contributed by atoms with Crippen molar-refractivity contribution in [1.29, 1.82) is 0 Å². The SMILES string of the molecule is Cc1cccnc1CNCC(=O)Nc1c(Cl)cccc1Cl. The van der Waals surface area contributed by atoms with Gasteiger partial charge in [0.1, 0.15) is 0 Å². The highest BCUT2D eigenvalue weighted by Gasteiger charge is 2.09. The van der Waals surface area contributed by atoms with E-state index in [4.69, 9.17) is 23.2 Å². The highest BCUT2D eigenvalue weighted by atomic mass is 35.5. The van der Waals surface area contributed by atoms with E-state index < -0.39 is 0 Å². The molecule has 1 aromatic heterocycles. The standard InChI is InChI=1S/C15H15Cl2N3O/c1-10-4-3-7-19-13(10)8-18-9-14(21)20-15-11(16)5-2-6-12(15)17/h2-7,18H,8-9H2,1H3,(H,20,21). The van der Waals surface area contributed by atoms with Crippen LogP contribution in [0.3, 0.4) is 0 Å². The van der Waals surface area contributed by atoms with Crippen molar-refractivity contribution in [3.63, 3.8) is 0 Å². The van der Waals surface area contributed by atoms with Gasteiger partial charge in [0.25, 0.3) is 0 Å². The normalized spacial score (nSPS) is 10.4. The molecule has 6 heteroatoms. The van der Waals surface area contributed by atoms with Gasteiger partial charge in [0.05, 0.1) is 28.0 Å². The quantitative estimate of drug-likeness (QED) is 0.886. The third-order valence-electron chi connectivity index (χ3n) is 2.92. The first-order valence-electron chi connectivity index (χ1n) is 6.43. The molecule has 0 aliphatic carbocycles. The maximum atomic E-state index is 11.9. The summed E-state index contributed by atoms with van der Waals surface area (Å²) in [5.41, 5.74) is 2.43. The van der Waals surface area contributed by atoms with Crippen molar-refractivity contribution in [3.8, 4) is 0 Å². The van der Waals surface area contributed by atoms with Crippen molar-refractivity contribution in [2.45, 2.75) is 13.5 Å². The Hall–Kier alpha value is -1.62. The Morgan fingerprint density at radius 3 is 2.57 bits per heavy atom. The van der Waals surface area contributed by atoms with Crippen molar-refractivity contribution in [3.05, 3.63) is 57.8 Å². The number of halogens is 2. The molecule has 110 valence electrons. The van der Waals surface area contributed by atoms with Crippen molar-refractivity contribution in [2.75, 3.05) is 11.9 Å². The topological polar surface area (TPSA) is 54.0 Å². The van der Waals surface area contributed by atoms with Crippen LogP contribution in [0.15, 0.2) is 36.5 Å². The number of rotatable bonds is 5. The van der Waals surface area contributed by atoms with Crippen LogP contribution in [0.5, 0.6) is 0 Å². The van der Waals surface area contributed by atoms with Crippen molar-refractivity contribution < 1.29 is 4.79 Å². The molecule has 0 fully saturated rings. The van der Waals surface area contributed by atoms with E-state index in [1.165, 1.54) is 0 Å². The summed E-state index contributed by atoms with van der Waals surface area (Å²) in [5.74, 6) is -0.210. The van der Waals surface area contributed by atoms with Gasteiger partial charge in [-0.1, -0.05) is 35.3 Å². The van der Waals surface area contributed by atoms with Crippen LogP contribution in [-0.4, -0.2) is 17.4 Å². The van der Waals surface area contributed by atoms with Crippen LogP contribution < -0.4 is 10.6 Å². The number of hydrogen-bond acceptors (Lipinski definition) is 3. The van der Waals surface area contributed by atoms with Gasteiger partial charge in [-0.3, -0.25) is 9.78 Å². The molecule has 0 saturated carbocycles. The van der Waals surface area contributed by atoms with E-state index >= 15 is 0 Å². The van der Waals surface area contributed by atoms with Gasteiger partial charge in [-0.25, -0.2) is 0 Å². The third-order valence-corrected chi connectivity index (χ3v) is 3.55. The Kier molecular flexibility index (Phi) is 5.56. The van der Waals surface area contributed by atoms with E-state index in [-0.39, 0.29) is 12.5 Å². The fourth-order valence-electron chi connectivity index (χ4n) is 1.80. The van der Waals surface area contributed by atoms with E-state index in [2.05, 4.69) is 15.6 Å². The second-order valence-corrected chi connectivity index (χ2v) is 5.33. The van der Waals surface area contributed by atoms with E-state index in [9.17, 15) is 4.79 Å². The number of amides is 1. The Bertz CT molecular complexity index is 626. The predicted molar refractivity (Wildman–Crippen MR) is 85.8 cm³/mol. The molecule has 2 rings (SSSR count). The van der Waals surface area contributed by atoms with Crippen molar-refractivity contribution in [2.24, 2.45) is 0 Å². The van der Waals surface area contributed by atoms with Gasteiger partial charge in [0.2, 0.25) is 5.91 Å². The molecule has 1 amide bonds. The number of nitrogens with one attached hydrogen (secondary N) is 2. The minimum Gasteiger partial charge on any atom is -0.322 e. The second kappa shape index (κ2) is 7.41. The number of carbonyl (C=O) groups excluding carboxylic acids is 1. The minimum absolute atomic E-state index is 0.150. The van der Waals surface area contributed by atoms with Crippen LogP contribution in [0.1, 0.15) is 11.3 Å². The highest BCUT2D eigenvalue weighted by Crippen LogP contribution is 2.29. The highest BCUT2D eigenvalue weighted by molar-refractivity contribution is 6.39. The molecular weight excluding hydrogens is 309 g/mol. The average Bonchev–Trinajstić information content (AvgIpc) is 2.45. The molecule has 1 heterocycles. The molecule has 0 spiro atoms. The van der Waals surface area contributed by atoms with Crippen LogP contribution in [0, 0.1) is 6.92 Å². The largest absolute Gasteiger partial charge is 0.322 e. The van der Waals surface area contributed by atoms with E-state index in [1.54, 1.807) is 24.4 Å². The summed E-state index contributed by atoms with van der Waals surface area (Å²) in [7, 11) is 0. The maximum absolute atomic E-state index is 11.9. The lowest BCUT2D eigenvalue weighted by molar-refractivity contribution is -0.115. The summed E-state index contributed by atoms with van der Waals surface area (Å²) < 4.78 is 0. The zero-order valence-corrected chi connectivity index (χ0v) is 13.0. The van der Waals surface area contributed by atoms with Crippen LogP contribution in [0.25, 0.3) is 0 Å². The van der Waals surface area contributed by atoms with Crippen LogP contribution >= 0.6 is 23.2 Å². The van der Waals surface area contributed by atoms with Gasteiger partial charge in [-0.05, 0) is 30.7 Å². The molecule has 2 N–H and O–H groups in total. The van der Waals surface area contributed by atoms with Gasteiger partial charge in [0.15, 0.2) is 0 Å². The van der Waals surface area contributed by atoms with Gasteiger partial charge < -0.3 is 10.6 Å². The van der Waals surface area contributed by atoms with Gasteiger partial charge in [0, 0.05) is 12.7 Å². The van der Waals surface area contributed by atoms with Gasteiger partial charge in [-0.2, -0.15) is 0 Å². The zero-order valence-electron chi connectivity index (χ0n) is 11.5. The zero-order chi connectivity index (χ0) is 15.2. The predicted octanol–water partition coefficient (Wildman–Crippen LogP) is 3.43. The fourth-order valence-corrected chi connectivity index (χ4v) is 2.29. The summed E-state index contributed by atoms with van der Waals surface area (Å²) in [6, 6.07) is 8.93. The molecule has 0 bridgehead atoms. The third kappa shape index (κ3) is 4.43. The van der Waals surface area contributed by atoms with Crippen molar-refractivity contribution in [1.82, 2.24) is 10.3 Å². The molecule has 0 unspecified atom stereocenters. The van der Waals surface area contributed by atoms with Crippen LogP contribution in [-0.2, 0) is 11.3 Å². The molecule has 0 atom stereocenters. The first-order chi connectivity index (χ1) is 10.1. The smallest absolute Gasteiger partial charge is 0.238 e. The fraction of sp³-hybridized carbons (Fsp3) is 0.200. The van der Waals surface area contributed by atoms with E-state index in [0.717, 1.165) is 11.3 Å². The summed E-state index contributed by atoms with van der Waals surface area (Å²) in [6.07, 6.45) is 1.73. The summed E-state index contributed by atoms with van der Waals surface area (Å²) >= 11 is 12.0. The Morgan fingerprint density at radius 1 is 1.19 bits per heavy atom. The number of nitrogens with zero attached hydrogens (tertiary/aromatic N) is 1. The average molecular weight is 324 g/mol. The number of hydrogen-bond donors (Lipinski definition) is 2. The molecule has 4 nitrogen and oxygen atoms in total. The lowest BCUT2D eigenvalue weighted by Gasteiger charge is -2.10. The number of benzene rings is 1. The summed E-state index contributed by atoms with van der Waals surface area (Å²) in [5, 5.41) is 6.56. The Morgan fingerprint density at radius 2 is 1.90 bits per heavy atom. The second-order valence-electron chi connectivity index (χ2n) is 4.52. The first-order valence-corrected chi connectivity index (χ1v) is 7.18. The number of aryl methyl sites for hydroxylation is 1. The molecule has 1 aromatic carbocycles. The number of anilines is 1. The number of pyridine rings is 1. The molecule has 0 radical (unpaired) electrons. The van der Waals surface area contributed by atoms with Crippen LogP contribution in [0.2, 0.25) is 10.0 Å². The number of para-hydroxylation sites is 1. The molecule has 0 aliphatic heterocycles. The molecule has 0 aliphatic rings.